The van der Waals surface area contributed by atoms with Gasteiger partial charge in [-0.15, -0.1) is 0 Å². The standard InChI is InChI=1S/C13H22N2O4/c1-12(19)5-6-15(9-12)11(18)14-8-13(3-2-4-13)7-10(16)17/h19H,2-9H2,1H3,(H,14,18)(H,16,17). The molecule has 2 rings (SSSR count). The highest BCUT2D eigenvalue weighted by atomic mass is 16.4. The van der Waals surface area contributed by atoms with Crippen LogP contribution in [0.3, 0.4) is 0 Å². The SMILES string of the molecule is CC1(O)CCN(C(=O)NCC2(CC(=O)O)CCC2)C1. The minimum atomic E-state index is -0.807. The molecule has 0 spiro atoms. The van der Waals surface area contributed by atoms with Crippen molar-refractivity contribution in [1.29, 1.82) is 0 Å². The van der Waals surface area contributed by atoms with Gasteiger partial charge in [0.05, 0.1) is 18.6 Å². The fourth-order valence-corrected chi connectivity index (χ4v) is 2.91. The van der Waals surface area contributed by atoms with E-state index in [1.54, 1.807) is 11.8 Å². The number of hydrogen-bond acceptors (Lipinski definition) is 3. The summed E-state index contributed by atoms with van der Waals surface area (Å²) < 4.78 is 0. The first kappa shape index (κ1) is 14.1. The number of aliphatic hydroxyl groups is 1. The van der Waals surface area contributed by atoms with Crippen LogP contribution in [-0.2, 0) is 4.79 Å². The van der Waals surface area contributed by atoms with E-state index < -0.39 is 11.6 Å². The smallest absolute Gasteiger partial charge is 0.317 e. The third-order valence-electron chi connectivity index (χ3n) is 4.29. The van der Waals surface area contributed by atoms with Crippen molar-refractivity contribution in [2.45, 2.75) is 44.6 Å². The topological polar surface area (TPSA) is 89.9 Å². The van der Waals surface area contributed by atoms with Crippen LogP contribution in [0.2, 0.25) is 0 Å². The van der Waals surface area contributed by atoms with Gasteiger partial charge in [0.15, 0.2) is 0 Å². The summed E-state index contributed by atoms with van der Waals surface area (Å²) in [7, 11) is 0. The minimum absolute atomic E-state index is 0.116. The number of aliphatic carboxylic acids is 1. The minimum Gasteiger partial charge on any atom is -0.481 e. The second kappa shape index (κ2) is 5.00. The molecule has 19 heavy (non-hydrogen) atoms. The summed E-state index contributed by atoms with van der Waals surface area (Å²) in [6, 6.07) is -0.200. The van der Waals surface area contributed by atoms with Gasteiger partial charge in [-0.3, -0.25) is 4.79 Å². The highest BCUT2D eigenvalue weighted by Gasteiger charge is 2.40. The number of carbonyl (C=O) groups is 2. The zero-order valence-corrected chi connectivity index (χ0v) is 11.3. The molecule has 2 amide bonds. The number of amides is 2. The molecule has 0 aromatic carbocycles. The number of nitrogens with one attached hydrogen (secondary N) is 1. The molecular formula is C13H22N2O4. The van der Waals surface area contributed by atoms with E-state index in [2.05, 4.69) is 5.32 Å². The molecule has 1 heterocycles. The highest BCUT2D eigenvalue weighted by molar-refractivity contribution is 5.75. The summed E-state index contributed by atoms with van der Waals surface area (Å²) >= 11 is 0. The maximum Gasteiger partial charge on any atom is 0.317 e. The number of urea groups is 1. The van der Waals surface area contributed by atoms with Gasteiger partial charge in [0, 0.05) is 13.1 Å². The molecule has 108 valence electrons. The lowest BCUT2D eigenvalue weighted by atomic mass is 9.66. The molecule has 1 aliphatic heterocycles. The Balaban J connectivity index is 1.81. The van der Waals surface area contributed by atoms with Crippen LogP contribution in [0, 0.1) is 5.41 Å². The maximum absolute atomic E-state index is 12.0. The van der Waals surface area contributed by atoms with Crippen LogP contribution in [0.1, 0.15) is 39.0 Å². The van der Waals surface area contributed by atoms with Gasteiger partial charge >= 0.3 is 12.0 Å². The van der Waals surface area contributed by atoms with Crippen molar-refractivity contribution in [3.8, 4) is 0 Å². The number of nitrogens with zero attached hydrogens (tertiary/aromatic N) is 1. The van der Waals surface area contributed by atoms with Gasteiger partial charge < -0.3 is 20.4 Å². The monoisotopic (exact) mass is 270 g/mol. The summed E-state index contributed by atoms with van der Waals surface area (Å²) in [5.74, 6) is -0.807. The van der Waals surface area contributed by atoms with Gasteiger partial charge in [0.1, 0.15) is 0 Å². The zero-order chi connectivity index (χ0) is 14.1. The van der Waals surface area contributed by atoms with Gasteiger partial charge in [0.2, 0.25) is 0 Å². The van der Waals surface area contributed by atoms with E-state index in [0.29, 0.717) is 26.1 Å². The lowest BCUT2D eigenvalue weighted by Gasteiger charge is -2.41. The maximum atomic E-state index is 12.0. The molecule has 2 aliphatic rings. The average Bonchev–Trinajstić information content (AvgIpc) is 2.62. The summed E-state index contributed by atoms with van der Waals surface area (Å²) in [6.45, 7) is 3.02. The average molecular weight is 270 g/mol. The van der Waals surface area contributed by atoms with Crippen molar-refractivity contribution >= 4 is 12.0 Å². The molecule has 0 aromatic rings. The van der Waals surface area contributed by atoms with Crippen molar-refractivity contribution in [3.05, 3.63) is 0 Å². The molecule has 1 unspecified atom stereocenters. The van der Waals surface area contributed by atoms with Gasteiger partial charge in [-0.2, -0.15) is 0 Å². The fourth-order valence-electron chi connectivity index (χ4n) is 2.91. The molecule has 2 fully saturated rings. The Morgan fingerprint density at radius 1 is 1.32 bits per heavy atom. The largest absolute Gasteiger partial charge is 0.481 e. The molecule has 1 atom stereocenters. The van der Waals surface area contributed by atoms with E-state index in [1.165, 1.54) is 0 Å². The van der Waals surface area contributed by atoms with E-state index in [9.17, 15) is 14.7 Å². The van der Waals surface area contributed by atoms with Crippen molar-refractivity contribution < 1.29 is 19.8 Å². The molecule has 1 saturated carbocycles. The van der Waals surface area contributed by atoms with Crippen molar-refractivity contribution in [2.75, 3.05) is 19.6 Å². The van der Waals surface area contributed by atoms with Crippen LogP contribution < -0.4 is 5.32 Å². The van der Waals surface area contributed by atoms with Crippen LogP contribution in [0.4, 0.5) is 4.79 Å². The van der Waals surface area contributed by atoms with Gasteiger partial charge in [-0.05, 0) is 31.6 Å². The number of hydrogen-bond donors (Lipinski definition) is 3. The van der Waals surface area contributed by atoms with Crippen LogP contribution in [0.15, 0.2) is 0 Å². The first-order chi connectivity index (χ1) is 8.82. The van der Waals surface area contributed by atoms with Crippen molar-refractivity contribution in [3.63, 3.8) is 0 Å². The Hall–Kier alpha value is -1.30. The Morgan fingerprint density at radius 3 is 2.42 bits per heavy atom. The predicted molar refractivity (Wildman–Crippen MR) is 68.7 cm³/mol. The lowest BCUT2D eigenvalue weighted by molar-refractivity contribution is -0.141. The van der Waals surface area contributed by atoms with Crippen LogP contribution in [0.25, 0.3) is 0 Å². The Labute approximate surface area is 112 Å². The first-order valence-electron chi connectivity index (χ1n) is 6.79. The van der Waals surface area contributed by atoms with Crippen molar-refractivity contribution in [2.24, 2.45) is 5.41 Å². The second-order valence-corrected chi connectivity index (χ2v) is 6.25. The van der Waals surface area contributed by atoms with E-state index in [-0.39, 0.29) is 17.9 Å². The highest BCUT2D eigenvalue weighted by Crippen LogP contribution is 2.43. The number of carboxylic acid groups (broad SMARTS) is 1. The zero-order valence-electron chi connectivity index (χ0n) is 11.3. The number of carboxylic acids is 1. The first-order valence-corrected chi connectivity index (χ1v) is 6.79. The van der Waals surface area contributed by atoms with Crippen molar-refractivity contribution in [1.82, 2.24) is 10.2 Å². The Morgan fingerprint density at radius 2 is 2.00 bits per heavy atom. The molecule has 1 aliphatic carbocycles. The van der Waals surface area contributed by atoms with E-state index in [1.807, 2.05) is 0 Å². The molecule has 0 radical (unpaired) electrons. The summed E-state index contributed by atoms with van der Waals surface area (Å²) in [5.41, 5.74) is -1.06. The summed E-state index contributed by atoms with van der Waals surface area (Å²) in [5, 5.41) is 21.5. The van der Waals surface area contributed by atoms with Gasteiger partial charge in [-0.1, -0.05) is 6.42 Å². The molecule has 0 bridgehead atoms. The summed E-state index contributed by atoms with van der Waals surface area (Å²) in [4.78, 5) is 24.4. The summed E-state index contributed by atoms with van der Waals surface area (Å²) in [6.07, 6.45) is 3.45. The molecule has 1 saturated heterocycles. The van der Waals surface area contributed by atoms with E-state index in [0.717, 1.165) is 19.3 Å². The Kier molecular flexibility index (Phi) is 3.71. The molecular weight excluding hydrogens is 248 g/mol. The van der Waals surface area contributed by atoms with Crippen LogP contribution in [0.5, 0.6) is 0 Å². The second-order valence-electron chi connectivity index (χ2n) is 6.25. The fraction of sp³-hybridized carbons (Fsp3) is 0.846. The lowest BCUT2D eigenvalue weighted by Crippen LogP contribution is -2.48. The number of rotatable bonds is 4. The molecule has 0 aromatic heterocycles. The molecule has 3 N–H and O–H groups in total. The predicted octanol–water partition coefficient (Wildman–Crippen LogP) is 0.798. The van der Waals surface area contributed by atoms with Gasteiger partial charge in [-0.25, -0.2) is 4.79 Å². The molecule has 6 heteroatoms. The third-order valence-corrected chi connectivity index (χ3v) is 4.29. The van der Waals surface area contributed by atoms with Gasteiger partial charge in [0.25, 0.3) is 0 Å². The van der Waals surface area contributed by atoms with E-state index >= 15 is 0 Å². The number of likely N-dealkylation sites (tertiary alicyclic amines) is 1. The van der Waals surface area contributed by atoms with Crippen LogP contribution >= 0.6 is 0 Å². The quantitative estimate of drug-likeness (QED) is 0.704. The molecule has 6 nitrogen and oxygen atoms in total. The van der Waals surface area contributed by atoms with Crippen LogP contribution in [-0.4, -0.2) is 52.3 Å². The third kappa shape index (κ3) is 3.37. The number of β-amino-alcohol motifs (C(OH)–C–C–N with tert-alkyl or cyclic N) is 1. The Bertz CT molecular complexity index is 377. The van der Waals surface area contributed by atoms with E-state index in [4.69, 9.17) is 5.11 Å². The normalized spacial score (nSPS) is 28.8. The number of carbonyl (C=O) groups excluding carboxylic acids is 1.